The van der Waals surface area contributed by atoms with Crippen molar-refractivity contribution in [2.45, 2.75) is 25.8 Å². The zero-order valence-electron chi connectivity index (χ0n) is 11.2. The van der Waals surface area contributed by atoms with Crippen molar-refractivity contribution in [3.05, 3.63) is 24.2 Å². The second-order valence-electron chi connectivity index (χ2n) is 5.71. The third kappa shape index (κ3) is 1.80. The Labute approximate surface area is 112 Å². The number of hydrogen-bond donors (Lipinski definition) is 1. The molecule has 4 rings (SSSR count). The molecule has 2 aromatic rings. The van der Waals surface area contributed by atoms with Gasteiger partial charge < -0.3 is 10.2 Å². The lowest BCUT2D eigenvalue weighted by Gasteiger charge is -2.35. The van der Waals surface area contributed by atoms with Gasteiger partial charge in [-0.2, -0.15) is 5.10 Å². The lowest BCUT2D eigenvalue weighted by atomic mass is 9.93. The average molecular weight is 257 g/mol. The van der Waals surface area contributed by atoms with Gasteiger partial charge in [0.25, 0.3) is 0 Å². The van der Waals surface area contributed by atoms with Crippen LogP contribution in [0.2, 0.25) is 0 Å². The van der Waals surface area contributed by atoms with E-state index in [-0.39, 0.29) is 0 Å². The summed E-state index contributed by atoms with van der Waals surface area (Å²) in [5.41, 5.74) is 2.18. The van der Waals surface area contributed by atoms with Crippen molar-refractivity contribution in [3.8, 4) is 0 Å². The molecule has 0 spiro atoms. The fourth-order valence-corrected chi connectivity index (χ4v) is 3.51. The highest BCUT2D eigenvalue weighted by atomic mass is 15.3. The summed E-state index contributed by atoms with van der Waals surface area (Å²) < 4.78 is 1.94. The van der Waals surface area contributed by atoms with E-state index in [0.717, 1.165) is 42.1 Å². The molecule has 0 amide bonds. The van der Waals surface area contributed by atoms with Gasteiger partial charge in [0.1, 0.15) is 5.52 Å². The van der Waals surface area contributed by atoms with Crippen LogP contribution in [0, 0.1) is 12.8 Å². The topological polar surface area (TPSA) is 45.5 Å². The average Bonchev–Trinajstić information content (AvgIpc) is 3.01. The third-order valence-corrected chi connectivity index (χ3v) is 4.45. The van der Waals surface area contributed by atoms with Crippen molar-refractivity contribution in [1.29, 1.82) is 0 Å². The summed E-state index contributed by atoms with van der Waals surface area (Å²) in [6, 6.07) is 2.85. The molecule has 0 saturated carbocycles. The highest BCUT2D eigenvalue weighted by molar-refractivity contribution is 5.69. The van der Waals surface area contributed by atoms with Gasteiger partial charge in [0, 0.05) is 31.5 Å². The van der Waals surface area contributed by atoms with Crippen LogP contribution in [-0.4, -0.2) is 40.3 Å². The van der Waals surface area contributed by atoms with Crippen molar-refractivity contribution in [1.82, 2.24) is 19.9 Å². The molecule has 0 bridgehead atoms. The van der Waals surface area contributed by atoms with E-state index in [1.165, 1.54) is 19.4 Å². The Kier molecular flexibility index (Phi) is 2.48. The summed E-state index contributed by atoms with van der Waals surface area (Å²) in [5, 5.41) is 8.08. The molecular weight excluding hydrogens is 238 g/mol. The van der Waals surface area contributed by atoms with E-state index in [1.54, 1.807) is 0 Å². The van der Waals surface area contributed by atoms with Crippen LogP contribution in [-0.2, 0) is 0 Å². The standard InChI is InChI=1S/C14H19N5/c1-10-8-13-14(16-5-7-19(13)17-10)18-6-3-12-11(9-18)2-4-15-12/h5,7-8,11-12,15H,2-4,6,9H2,1H3. The molecule has 2 aromatic heterocycles. The number of aromatic nitrogens is 3. The predicted molar refractivity (Wildman–Crippen MR) is 74.5 cm³/mol. The first kappa shape index (κ1) is 11.2. The van der Waals surface area contributed by atoms with E-state index in [2.05, 4.69) is 26.4 Å². The second-order valence-corrected chi connectivity index (χ2v) is 5.71. The molecule has 2 unspecified atom stereocenters. The number of hydrogen-bond acceptors (Lipinski definition) is 4. The SMILES string of the molecule is Cc1cc2c(N3CCC4NCCC4C3)nccn2n1. The molecule has 0 aliphatic carbocycles. The summed E-state index contributed by atoms with van der Waals surface area (Å²) >= 11 is 0. The largest absolute Gasteiger partial charge is 0.354 e. The van der Waals surface area contributed by atoms with Gasteiger partial charge in [-0.15, -0.1) is 0 Å². The molecule has 2 saturated heterocycles. The predicted octanol–water partition coefficient (Wildman–Crippen LogP) is 1.23. The Hall–Kier alpha value is -1.62. The van der Waals surface area contributed by atoms with Crippen LogP contribution in [0.15, 0.2) is 18.5 Å². The van der Waals surface area contributed by atoms with Crippen LogP contribution in [0.5, 0.6) is 0 Å². The quantitative estimate of drug-likeness (QED) is 0.834. The van der Waals surface area contributed by atoms with Crippen LogP contribution in [0.25, 0.3) is 5.52 Å². The molecule has 2 atom stereocenters. The van der Waals surface area contributed by atoms with E-state index in [4.69, 9.17) is 0 Å². The van der Waals surface area contributed by atoms with Gasteiger partial charge in [-0.3, -0.25) is 0 Å². The number of aryl methyl sites for hydroxylation is 1. The Balaban J connectivity index is 1.70. The normalized spacial score (nSPS) is 26.9. The van der Waals surface area contributed by atoms with Crippen LogP contribution < -0.4 is 10.2 Å². The lowest BCUT2D eigenvalue weighted by Crippen LogP contribution is -2.44. The summed E-state index contributed by atoms with van der Waals surface area (Å²) in [5.74, 6) is 1.87. The zero-order chi connectivity index (χ0) is 12.8. The molecule has 2 aliphatic heterocycles. The maximum atomic E-state index is 4.60. The number of piperidine rings is 1. The molecular formula is C14H19N5. The monoisotopic (exact) mass is 257 g/mol. The molecule has 1 N–H and O–H groups in total. The fourth-order valence-electron chi connectivity index (χ4n) is 3.51. The number of anilines is 1. The van der Waals surface area contributed by atoms with Crippen molar-refractivity contribution in [2.24, 2.45) is 5.92 Å². The minimum atomic E-state index is 0.725. The molecule has 19 heavy (non-hydrogen) atoms. The van der Waals surface area contributed by atoms with Gasteiger partial charge >= 0.3 is 0 Å². The van der Waals surface area contributed by atoms with Crippen molar-refractivity contribution in [3.63, 3.8) is 0 Å². The maximum Gasteiger partial charge on any atom is 0.154 e. The molecule has 0 radical (unpaired) electrons. The van der Waals surface area contributed by atoms with Gasteiger partial charge in [0.2, 0.25) is 0 Å². The number of rotatable bonds is 1. The van der Waals surface area contributed by atoms with Crippen molar-refractivity contribution >= 4 is 11.3 Å². The Bertz CT molecular complexity index is 605. The van der Waals surface area contributed by atoms with E-state index in [1.807, 2.05) is 23.8 Å². The second kappa shape index (κ2) is 4.20. The smallest absolute Gasteiger partial charge is 0.154 e. The number of nitrogens with zero attached hydrogens (tertiary/aromatic N) is 4. The Morgan fingerprint density at radius 2 is 2.32 bits per heavy atom. The maximum absolute atomic E-state index is 4.60. The summed E-state index contributed by atoms with van der Waals surface area (Å²) in [7, 11) is 0. The molecule has 4 heterocycles. The highest BCUT2D eigenvalue weighted by Gasteiger charge is 2.33. The van der Waals surface area contributed by atoms with Gasteiger partial charge in [-0.05, 0) is 38.3 Å². The van der Waals surface area contributed by atoms with Gasteiger partial charge in [-0.25, -0.2) is 9.50 Å². The van der Waals surface area contributed by atoms with E-state index in [9.17, 15) is 0 Å². The molecule has 2 fully saturated rings. The van der Waals surface area contributed by atoms with Crippen molar-refractivity contribution < 1.29 is 0 Å². The van der Waals surface area contributed by atoms with E-state index >= 15 is 0 Å². The molecule has 0 aromatic carbocycles. The minimum absolute atomic E-state index is 0.725. The van der Waals surface area contributed by atoms with Gasteiger partial charge in [-0.1, -0.05) is 0 Å². The van der Waals surface area contributed by atoms with Crippen LogP contribution in [0.3, 0.4) is 0 Å². The summed E-state index contributed by atoms with van der Waals surface area (Å²) in [6.45, 7) is 5.41. The first-order chi connectivity index (χ1) is 9.31. The first-order valence-electron chi connectivity index (χ1n) is 7.10. The summed E-state index contributed by atoms with van der Waals surface area (Å²) in [4.78, 5) is 7.04. The molecule has 100 valence electrons. The Morgan fingerprint density at radius 3 is 3.26 bits per heavy atom. The highest BCUT2D eigenvalue weighted by Crippen LogP contribution is 2.29. The zero-order valence-corrected chi connectivity index (χ0v) is 11.2. The van der Waals surface area contributed by atoms with E-state index in [0.29, 0.717) is 0 Å². The van der Waals surface area contributed by atoms with Crippen molar-refractivity contribution in [2.75, 3.05) is 24.5 Å². The molecule has 2 aliphatic rings. The fraction of sp³-hybridized carbons (Fsp3) is 0.571. The van der Waals surface area contributed by atoms with Crippen LogP contribution >= 0.6 is 0 Å². The Morgan fingerprint density at radius 1 is 1.37 bits per heavy atom. The van der Waals surface area contributed by atoms with Gasteiger partial charge in [0.15, 0.2) is 5.82 Å². The lowest BCUT2D eigenvalue weighted by molar-refractivity contribution is 0.375. The van der Waals surface area contributed by atoms with Crippen LogP contribution in [0.4, 0.5) is 5.82 Å². The summed E-state index contributed by atoms with van der Waals surface area (Å²) in [6.07, 6.45) is 6.30. The van der Waals surface area contributed by atoms with Crippen LogP contribution in [0.1, 0.15) is 18.5 Å². The minimum Gasteiger partial charge on any atom is -0.354 e. The number of fused-ring (bicyclic) bond motifs is 2. The first-order valence-corrected chi connectivity index (χ1v) is 7.10. The molecule has 5 heteroatoms. The van der Waals surface area contributed by atoms with E-state index < -0.39 is 0 Å². The molecule has 5 nitrogen and oxygen atoms in total. The number of nitrogens with one attached hydrogen (secondary N) is 1. The third-order valence-electron chi connectivity index (χ3n) is 4.45. The van der Waals surface area contributed by atoms with Gasteiger partial charge in [0.05, 0.1) is 5.69 Å².